The average Bonchev–Trinajstić information content (AvgIpc) is 2.30. The van der Waals surface area contributed by atoms with Gasteiger partial charge in [0.05, 0.1) is 17.9 Å². The van der Waals surface area contributed by atoms with Crippen molar-refractivity contribution < 1.29 is 22.7 Å². The molecule has 0 aliphatic carbocycles. The summed E-state index contributed by atoms with van der Waals surface area (Å²) in [6.45, 7) is 1.93. The highest BCUT2D eigenvalue weighted by atomic mass is 32.2. The number of halogens is 3. The first-order valence-electron chi connectivity index (χ1n) is 5.53. The van der Waals surface area contributed by atoms with Gasteiger partial charge in [0.1, 0.15) is 0 Å². The summed E-state index contributed by atoms with van der Waals surface area (Å²) >= 11 is 1.08. The topological polar surface area (TPSA) is 52.3 Å². The summed E-state index contributed by atoms with van der Waals surface area (Å²) in [5, 5.41) is 0. The number of hydrogen-bond acceptors (Lipinski definition) is 4. The number of esters is 1. The van der Waals surface area contributed by atoms with E-state index in [4.69, 9.17) is 10.5 Å². The van der Waals surface area contributed by atoms with Crippen LogP contribution in [0.4, 0.5) is 18.9 Å². The standard InChI is InChI=1S/C12H14F3NO2S/c1-2-18-11(17)7-19-6-8-3-4-9(16)5-10(8)12(13,14)15/h3-5H,2,6-7,16H2,1H3. The lowest BCUT2D eigenvalue weighted by Gasteiger charge is -2.13. The number of hydrogen-bond donors (Lipinski definition) is 1. The smallest absolute Gasteiger partial charge is 0.416 e. The highest BCUT2D eigenvalue weighted by molar-refractivity contribution is 7.99. The number of alkyl halides is 3. The summed E-state index contributed by atoms with van der Waals surface area (Å²) in [6.07, 6.45) is -4.45. The Bertz CT molecular complexity index is 449. The molecule has 0 saturated heterocycles. The molecule has 0 bridgehead atoms. The molecule has 0 atom stereocenters. The Balaban J connectivity index is 2.71. The van der Waals surface area contributed by atoms with Gasteiger partial charge in [0, 0.05) is 11.4 Å². The van der Waals surface area contributed by atoms with Gasteiger partial charge in [-0.15, -0.1) is 11.8 Å². The van der Waals surface area contributed by atoms with Gasteiger partial charge in [-0.05, 0) is 24.6 Å². The number of carbonyl (C=O) groups excluding carboxylic acids is 1. The Kier molecular flexibility index (Phi) is 5.53. The molecule has 2 N–H and O–H groups in total. The summed E-state index contributed by atoms with van der Waals surface area (Å²) in [6, 6.07) is 3.64. The lowest BCUT2D eigenvalue weighted by atomic mass is 10.1. The molecule has 0 fully saturated rings. The Morgan fingerprint density at radius 1 is 1.42 bits per heavy atom. The highest BCUT2D eigenvalue weighted by Gasteiger charge is 2.33. The number of ether oxygens (including phenoxy) is 1. The molecule has 0 saturated carbocycles. The van der Waals surface area contributed by atoms with Crippen molar-refractivity contribution in [2.75, 3.05) is 18.1 Å². The van der Waals surface area contributed by atoms with Crippen LogP contribution in [0.25, 0.3) is 0 Å². The summed E-state index contributed by atoms with van der Waals surface area (Å²) in [4.78, 5) is 11.1. The molecule has 0 aliphatic rings. The zero-order valence-corrected chi connectivity index (χ0v) is 11.1. The Morgan fingerprint density at radius 3 is 2.68 bits per heavy atom. The summed E-state index contributed by atoms with van der Waals surface area (Å²) < 4.78 is 43.0. The van der Waals surface area contributed by atoms with E-state index in [1.165, 1.54) is 12.1 Å². The number of rotatable bonds is 5. The lowest BCUT2D eigenvalue weighted by molar-refractivity contribution is -0.140. The molecule has 7 heteroatoms. The molecule has 1 aromatic carbocycles. The molecule has 0 amide bonds. The van der Waals surface area contributed by atoms with E-state index in [0.29, 0.717) is 0 Å². The first-order valence-corrected chi connectivity index (χ1v) is 6.69. The van der Waals surface area contributed by atoms with Gasteiger partial charge in [-0.25, -0.2) is 0 Å². The van der Waals surface area contributed by atoms with Crippen LogP contribution in [0.15, 0.2) is 18.2 Å². The quantitative estimate of drug-likeness (QED) is 0.669. The van der Waals surface area contributed by atoms with E-state index in [2.05, 4.69) is 0 Å². The van der Waals surface area contributed by atoms with Crippen molar-refractivity contribution in [3.8, 4) is 0 Å². The molecular formula is C12H14F3NO2S. The molecule has 0 radical (unpaired) electrons. The summed E-state index contributed by atoms with van der Waals surface area (Å²) in [7, 11) is 0. The first kappa shape index (κ1) is 15.7. The number of carbonyl (C=O) groups is 1. The molecule has 1 rings (SSSR count). The van der Waals surface area contributed by atoms with Crippen LogP contribution < -0.4 is 5.73 Å². The second-order valence-electron chi connectivity index (χ2n) is 3.71. The fraction of sp³-hybridized carbons (Fsp3) is 0.417. The Hall–Kier alpha value is -1.37. The molecular weight excluding hydrogens is 279 g/mol. The van der Waals surface area contributed by atoms with Crippen LogP contribution in [0.5, 0.6) is 0 Å². The minimum Gasteiger partial charge on any atom is -0.465 e. The molecule has 0 heterocycles. The second-order valence-corrected chi connectivity index (χ2v) is 4.70. The van der Waals surface area contributed by atoms with E-state index < -0.39 is 17.7 Å². The molecule has 3 nitrogen and oxygen atoms in total. The SMILES string of the molecule is CCOC(=O)CSCc1ccc(N)cc1C(F)(F)F. The number of anilines is 1. The molecule has 19 heavy (non-hydrogen) atoms. The predicted octanol–water partition coefficient (Wildman–Crippen LogP) is 3.08. The maximum Gasteiger partial charge on any atom is 0.416 e. The largest absolute Gasteiger partial charge is 0.465 e. The zero-order chi connectivity index (χ0) is 14.5. The van der Waals surface area contributed by atoms with E-state index in [1.54, 1.807) is 6.92 Å². The van der Waals surface area contributed by atoms with Gasteiger partial charge in [0.25, 0.3) is 0 Å². The van der Waals surface area contributed by atoms with Crippen molar-refractivity contribution >= 4 is 23.4 Å². The number of nitrogen functional groups attached to an aromatic ring is 1. The van der Waals surface area contributed by atoms with Crippen LogP contribution in [0.1, 0.15) is 18.1 Å². The molecule has 0 spiro atoms. The van der Waals surface area contributed by atoms with E-state index in [9.17, 15) is 18.0 Å². The normalized spacial score (nSPS) is 11.4. The van der Waals surface area contributed by atoms with Gasteiger partial charge in [-0.3, -0.25) is 4.79 Å². The molecule has 0 aromatic heterocycles. The lowest BCUT2D eigenvalue weighted by Crippen LogP contribution is -2.11. The van der Waals surface area contributed by atoms with Crippen LogP contribution in [-0.2, 0) is 21.5 Å². The number of thioether (sulfide) groups is 1. The fourth-order valence-corrected chi connectivity index (χ4v) is 2.25. The molecule has 1 aromatic rings. The van der Waals surface area contributed by atoms with Gasteiger partial charge in [-0.1, -0.05) is 6.07 Å². The Labute approximate surface area is 113 Å². The minimum atomic E-state index is -4.45. The first-order chi connectivity index (χ1) is 8.84. The van der Waals surface area contributed by atoms with Crippen molar-refractivity contribution in [1.82, 2.24) is 0 Å². The van der Waals surface area contributed by atoms with Gasteiger partial charge < -0.3 is 10.5 Å². The minimum absolute atomic E-state index is 0.0233. The average molecular weight is 293 g/mol. The van der Waals surface area contributed by atoms with Crippen molar-refractivity contribution in [3.63, 3.8) is 0 Å². The van der Waals surface area contributed by atoms with E-state index in [0.717, 1.165) is 17.8 Å². The van der Waals surface area contributed by atoms with E-state index >= 15 is 0 Å². The maximum absolute atomic E-state index is 12.8. The van der Waals surface area contributed by atoms with Crippen molar-refractivity contribution in [2.24, 2.45) is 0 Å². The van der Waals surface area contributed by atoms with Gasteiger partial charge in [0.2, 0.25) is 0 Å². The highest BCUT2D eigenvalue weighted by Crippen LogP contribution is 2.34. The van der Waals surface area contributed by atoms with Crippen LogP contribution in [0.3, 0.4) is 0 Å². The zero-order valence-electron chi connectivity index (χ0n) is 10.3. The molecule has 0 aliphatic heterocycles. The van der Waals surface area contributed by atoms with E-state index in [-0.39, 0.29) is 29.4 Å². The maximum atomic E-state index is 12.8. The molecule has 0 unspecified atom stereocenters. The predicted molar refractivity (Wildman–Crippen MR) is 68.7 cm³/mol. The van der Waals surface area contributed by atoms with Crippen molar-refractivity contribution in [3.05, 3.63) is 29.3 Å². The third kappa shape index (κ3) is 5.02. The van der Waals surface area contributed by atoms with Gasteiger partial charge >= 0.3 is 12.1 Å². The van der Waals surface area contributed by atoms with Crippen LogP contribution in [-0.4, -0.2) is 18.3 Å². The van der Waals surface area contributed by atoms with Crippen LogP contribution in [0.2, 0.25) is 0 Å². The van der Waals surface area contributed by atoms with Crippen molar-refractivity contribution in [1.29, 1.82) is 0 Å². The third-order valence-electron chi connectivity index (χ3n) is 2.22. The molecule has 106 valence electrons. The van der Waals surface area contributed by atoms with Crippen molar-refractivity contribution in [2.45, 2.75) is 18.9 Å². The Morgan fingerprint density at radius 2 is 2.11 bits per heavy atom. The number of benzene rings is 1. The fourth-order valence-electron chi connectivity index (χ4n) is 1.43. The summed E-state index contributed by atoms with van der Waals surface area (Å²) in [5.74, 6) is -0.333. The summed E-state index contributed by atoms with van der Waals surface area (Å²) in [5.41, 5.74) is 4.77. The van der Waals surface area contributed by atoms with Gasteiger partial charge in [-0.2, -0.15) is 13.2 Å². The second kappa shape index (κ2) is 6.70. The van der Waals surface area contributed by atoms with Gasteiger partial charge in [0.15, 0.2) is 0 Å². The van der Waals surface area contributed by atoms with E-state index in [1.807, 2.05) is 0 Å². The van der Waals surface area contributed by atoms with Crippen LogP contribution >= 0.6 is 11.8 Å². The monoisotopic (exact) mass is 293 g/mol. The van der Waals surface area contributed by atoms with Crippen LogP contribution in [0, 0.1) is 0 Å². The third-order valence-corrected chi connectivity index (χ3v) is 3.18. The number of nitrogens with two attached hydrogens (primary N) is 1.